The Kier molecular flexibility index (Phi) is 2.44. The van der Waals surface area contributed by atoms with Crippen molar-refractivity contribution in [1.82, 2.24) is 0 Å². The van der Waals surface area contributed by atoms with Crippen molar-refractivity contribution < 1.29 is 0 Å². The van der Waals surface area contributed by atoms with Crippen molar-refractivity contribution in [3.05, 3.63) is 11.6 Å². The molecular weight excluding hydrogens is 248 g/mol. The van der Waals surface area contributed by atoms with E-state index in [0.717, 1.165) is 5.92 Å². The number of hydrogen-bond acceptors (Lipinski definition) is 4. The zero-order valence-corrected chi connectivity index (χ0v) is 11.7. The molecule has 1 saturated carbocycles. The third kappa shape index (κ3) is 1.14. The van der Waals surface area contributed by atoms with Crippen LogP contribution in [-0.4, -0.2) is 10.5 Å². The van der Waals surface area contributed by atoms with E-state index in [4.69, 9.17) is 0 Å². The summed E-state index contributed by atoms with van der Waals surface area (Å²) in [6, 6.07) is 0. The van der Waals surface area contributed by atoms with Gasteiger partial charge < -0.3 is 0 Å². The number of allylic oxidation sites excluding steroid dienone is 1. The van der Waals surface area contributed by atoms with Gasteiger partial charge in [-0.3, -0.25) is 0 Å². The predicted octanol–water partition coefficient (Wildman–Crippen LogP) is 4.79. The third-order valence-corrected chi connectivity index (χ3v) is 11.4. The molecule has 1 aliphatic heterocycles. The molecule has 0 N–H and O–H groups in total. The number of hydrogen-bond donors (Lipinski definition) is 0. The average molecular weight is 262 g/mol. The lowest BCUT2D eigenvalue weighted by molar-refractivity contribution is 0.299. The van der Waals surface area contributed by atoms with Gasteiger partial charge in [0, 0.05) is 5.75 Å². The average Bonchev–Trinajstić information content (AvgIpc) is 2.46. The van der Waals surface area contributed by atoms with Gasteiger partial charge in [0.1, 0.15) is 0 Å². The van der Waals surface area contributed by atoms with E-state index >= 15 is 0 Å². The van der Waals surface area contributed by atoms with Gasteiger partial charge in [0.05, 0.1) is 4.75 Å². The predicted molar refractivity (Wildman–Crippen MR) is 72.6 cm³/mol. The van der Waals surface area contributed by atoms with Gasteiger partial charge >= 0.3 is 0 Å². The second-order valence-corrected chi connectivity index (χ2v) is 11.0. The highest BCUT2D eigenvalue weighted by Crippen LogP contribution is 2.71. The molecular formula is C10H14S4. The van der Waals surface area contributed by atoms with Gasteiger partial charge in [-0.15, -0.1) is 0 Å². The number of rotatable bonds is 0. The lowest BCUT2D eigenvalue weighted by Crippen LogP contribution is -2.36. The van der Waals surface area contributed by atoms with E-state index in [0.29, 0.717) is 10.2 Å². The Bertz CT molecular complexity index is 296. The number of fused-ring (bicyclic) bond motifs is 1. The molecule has 0 amide bonds. The van der Waals surface area contributed by atoms with Gasteiger partial charge in [-0.2, -0.15) is 0 Å². The van der Waals surface area contributed by atoms with Crippen LogP contribution in [0.2, 0.25) is 0 Å². The maximum absolute atomic E-state index is 2.59. The van der Waals surface area contributed by atoms with E-state index in [9.17, 15) is 0 Å². The molecule has 2 unspecified atom stereocenters. The van der Waals surface area contributed by atoms with Crippen LogP contribution < -0.4 is 0 Å². The second-order valence-electron chi connectivity index (χ2n) is 4.87. The first-order valence-corrected chi connectivity index (χ1v) is 10.0. The van der Waals surface area contributed by atoms with Crippen LogP contribution in [0.25, 0.3) is 0 Å². The summed E-state index contributed by atoms with van der Waals surface area (Å²) in [6.07, 6.45) is 5.42. The van der Waals surface area contributed by atoms with Gasteiger partial charge in [-0.25, -0.2) is 0 Å². The molecule has 3 rings (SSSR count). The lowest BCUT2D eigenvalue weighted by Gasteiger charge is -2.38. The zero-order valence-electron chi connectivity index (χ0n) is 8.41. The second kappa shape index (κ2) is 3.31. The first-order valence-electron chi connectivity index (χ1n) is 5.02. The van der Waals surface area contributed by atoms with Crippen LogP contribution >= 0.6 is 41.2 Å². The topological polar surface area (TPSA) is 0 Å². The molecule has 4 heteroatoms. The fourth-order valence-electron chi connectivity index (χ4n) is 3.13. The van der Waals surface area contributed by atoms with E-state index in [2.05, 4.69) is 30.7 Å². The highest BCUT2D eigenvalue weighted by molar-refractivity contribution is 9.26. The Morgan fingerprint density at radius 2 is 2.21 bits per heavy atom. The highest BCUT2D eigenvalue weighted by atomic mass is 33.7. The van der Waals surface area contributed by atoms with Crippen molar-refractivity contribution in [2.75, 3.05) is 5.75 Å². The van der Waals surface area contributed by atoms with E-state index in [-0.39, 0.29) is 0 Å². The highest BCUT2D eigenvalue weighted by Gasteiger charge is 2.60. The minimum atomic E-state index is 0.485. The third-order valence-electron chi connectivity index (χ3n) is 4.16. The lowest BCUT2D eigenvalue weighted by atomic mass is 9.79. The summed E-state index contributed by atoms with van der Waals surface area (Å²) in [5.41, 5.74) is 2.25. The fraction of sp³-hybridized carbons (Fsp3) is 0.800. The van der Waals surface area contributed by atoms with Gasteiger partial charge in [0.25, 0.3) is 0 Å². The van der Waals surface area contributed by atoms with Crippen molar-refractivity contribution in [3.63, 3.8) is 0 Å². The standard InChI is InChI=1S/C10H14S4/c1-9(2)7-3-4-10(9)8(5-7)6-11-13-14-12-10/h5,7H,3-4,6H2,1-2H3. The Labute approximate surface area is 101 Å². The molecule has 78 valence electrons. The van der Waals surface area contributed by atoms with Crippen molar-refractivity contribution in [3.8, 4) is 0 Å². The first-order chi connectivity index (χ1) is 6.67. The molecule has 0 aromatic carbocycles. The Balaban J connectivity index is 2.06. The minimum Gasteiger partial charge on any atom is -0.0793 e. The van der Waals surface area contributed by atoms with Crippen molar-refractivity contribution in [1.29, 1.82) is 0 Å². The molecule has 0 aromatic rings. The molecule has 2 aliphatic carbocycles. The summed E-state index contributed by atoms with van der Waals surface area (Å²) in [4.78, 5) is 0. The molecule has 0 nitrogen and oxygen atoms in total. The molecule has 2 bridgehead atoms. The van der Waals surface area contributed by atoms with E-state index in [1.807, 2.05) is 30.4 Å². The Morgan fingerprint density at radius 3 is 3.00 bits per heavy atom. The van der Waals surface area contributed by atoms with Crippen molar-refractivity contribution in [2.45, 2.75) is 31.4 Å². The maximum atomic E-state index is 2.59. The molecule has 1 heterocycles. The van der Waals surface area contributed by atoms with Gasteiger partial charge in [-0.1, -0.05) is 41.5 Å². The molecule has 3 aliphatic rings. The molecule has 0 radical (unpaired) electrons. The maximum Gasteiger partial charge on any atom is 0.0545 e. The summed E-state index contributed by atoms with van der Waals surface area (Å²) in [5.74, 6) is 2.11. The summed E-state index contributed by atoms with van der Waals surface area (Å²) in [7, 11) is 8.12. The Hall–Kier alpha value is 1.14. The van der Waals surface area contributed by atoms with Crippen LogP contribution in [0.5, 0.6) is 0 Å². The molecule has 2 atom stereocenters. The van der Waals surface area contributed by atoms with Crippen LogP contribution in [0, 0.1) is 11.3 Å². The monoisotopic (exact) mass is 262 g/mol. The van der Waals surface area contributed by atoms with Gasteiger partial charge in [-0.05, 0) is 49.4 Å². The minimum absolute atomic E-state index is 0.485. The normalized spacial score (nSPS) is 44.4. The molecule has 14 heavy (non-hydrogen) atoms. The van der Waals surface area contributed by atoms with Gasteiger partial charge in [0.15, 0.2) is 0 Å². The summed E-state index contributed by atoms with van der Waals surface area (Å²) in [5, 5.41) is 0. The van der Waals surface area contributed by atoms with Gasteiger partial charge in [0.2, 0.25) is 0 Å². The van der Waals surface area contributed by atoms with Crippen molar-refractivity contribution in [2.24, 2.45) is 11.3 Å². The van der Waals surface area contributed by atoms with Crippen molar-refractivity contribution >= 4 is 41.2 Å². The zero-order chi connectivity index (χ0) is 9.81. The quantitative estimate of drug-likeness (QED) is 0.454. The molecule has 0 aromatic heterocycles. The summed E-state index contributed by atoms with van der Waals surface area (Å²) in [6.45, 7) is 4.95. The summed E-state index contributed by atoms with van der Waals surface area (Å²) >= 11 is 0. The molecule has 1 saturated heterocycles. The van der Waals surface area contributed by atoms with E-state index in [1.165, 1.54) is 18.6 Å². The van der Waals surface area contributed by atoms with Crippen LogP contribution in [0.15, 0.2) is 11.6 Å². The van der Waals surface area contributed by atoms with E-state index in [1.54, 1.807) is 5.57 Å². The Morgan fingerprint density at radius 1 is 1.36 bits per heavy atom. The fourth-order valence-corrected chi connectivity index (χ4v) is 10.9. The smallest absolute Gasteiger partial charge is 0.0545 e. The SMILES string of the molecule is CC1(C)C2C=C3CSSSSC31CC2. The molecule has 2 fully saturated rings. The van der Waals surface area contributed by atoms with Crippen LogP contribution in [0.1, 0.15) is 26.7 Å². The van der Waals surface area contributed by atoms with E-state index < -0.39 is 0 Å². The van der Waals surface area contributed by atoms with Crippen LogP contribution in [0.4, 0.5) is 0 Å². The van der Waals surface area contributed by atoms with Crippen LogP contribution in [-0.2, 0) is 0 Å². The van der Waals surface area contributed by atoms with Crippen LogP contribution in [0.3, 0.4) is 0 Å². The largest absolute Gasteiger partial charge is 0.0793 e. The molecule has 1 spiro atoms. The summed E-state index contributed by atoms with van der Waals surface area (Å²) < 4.78 is 0.485. The first kappa shape index (κ1) is 10.3.